The highest BCUT2D eigenvalue weighted by atomic mass is 15.4. The Balaban J connectivity index is 1.77. The molecule has 118 valence electrons. The number of nitriles is 1. The number of quaternary nitrogens is 1. The molecule has 0 unspecified atom stereocenters. The molecule has 2 nitrogen and oxygen atoms in total. The zero-order chi connectivity index (χ0) is 16.0. The highest BCUT2D eigenvalue weighted by molar-refractivity contribution is 5.24. The lowest BCUT2D eigenvalue weighted by atomic mass is 10.0. The van der Waals surface area contributed by atoms with Gasteiger partial charge in [-0.25, -0.2) is 0 Å². The summed E-state index contributed by atoms with van der Waals surface area (Å²) in [5.74, 6) is 0. The SMILES string of the molecule is N#CCc1ccc(C[N+]2(Cc3ccccc3)CCCCC2)cc1. The molecule has 1 heterocycles. The maximum absolute atomic E-state index is 8.80. The Morgan fingerprint density at radius 2 is 1.30 bits per heavy atom. The molecule has 1 saturated heterocycles. The summed E-state index contributed by atoms with van der Waals surface area (Å²) < 4.78 is 1.17. The zero-order valence-corrected chi connectivity index (χ0v) is 13.7. The fraction of sp³-hybridized carbons (Fsp3) is 0.381. The molecule has 1 aliphatic rings. The summed E-state index contributed by atoms with van der Waals surface area (Å²) in [5.41, 5.74) is 3.95. The van der Waals surface area contributed by atoms with Gasteiger partial charge in [0.25, 0.3) is 0 Å². The summed E-state index contributed by atoms with van der Waals surface area (Å²) in [6, 6.07) is 21.8. The van der Waals surface area contributed by atoms with E-state index >= 15 is 0 Å². The van der Waals surface area contributed by atoms with E-state index in [-0.39, 0.29) is 0 Å². The number of benzene rings is 2. The molecule has 1 fully saturated rings. The maximum Gasteiger partial charge on any atom is 0.105 e. The Hall–Kier alpha value is -2.11. The van der Waals surface area contributed by atoms with Crippen molar-refractivity contribution in [2.75, 3.05) is 13.1 Å². The van der Waals surface area contributed by atoms with Crippen LogP contribution < -0.4 is 0 Å². The molecule has 0 aliphatic carbocycles. The first-order chi connectivity index (χ1) is 11.3. The van der Waals surface area contributed by atoms with Crippen LogP contribution in [0.5, 0.6) is 0 Å². The van der Waals surface area contributed by atoms with Crippen LogP contribution in [-0.2, 0) is 19.5 Å². The Morgan fingerprint density at radius 3 is 1.91 bits per heavy atom. The van der Waals surface area contributed by atoms with Crippen molar-refractivity contribution in [2.45, 2.75) is 38.8 Å². The number of piperidine rings is 1. The summed E-state index contributed by atoms with van der Waals surface area (Å²) in [4.78, 5) is 0. The summed E-state index contributed by atoms with van der Waals surface area (Å²) in [7, 11) is 0. The van der Waals surface area contributed by atoms with Crippen LogP contribution in [-0.4, -0.2) is 17.6 Å². The molecule has 2 aromatic carbocycles. The summed E-state index contributed by atoms with van der Waals surface area (Å²) in [6.07, 6.45) is 4.54. The van der Waals surface area contributed by atoms with Crippen LogP contribution in [0.4, 0.5) is 0 Å². The van der Waals surface area contributed by atoms with Crippen LogP contribution in [0.2, 0.25) is 0 Å². The Labute approximate surface area is 139 Å². The first kappa shape index (κ1) is 15.8. The van der Waals surface area contributed by atoms with Crippen molar-refractivity contribution in [2.24, 2.45) is 0 Å². The first-order valence-electron chi connectivity index (χ1n) is 8.63. The third kappa shape index (κ3) is 4.21. The van der Waals surface area contributed by atoms with Crippen LogP contribution in [0.15, 0.2) is 54.6 Å². The molecule has 0 atom stereocenters. The predicted octanol–water partition coefficient (Wildman–Crippen LogP) is 4.45. The van der Waals surface area contributed by atoms with Crippen molar-refractivity contribution in [3.63, 3.8) is 0 Å². The molecule has 0 radical (unpaired) electrons. The van der Waals surface area contributed by atoms with Crippen molar-refractivity contribution in [3.8, 4) is 6.07 Å². The first-order valence-corrected chi connectivity index (χ1v) is 8.63. The van der Waals surface area contributed by atoms with Gasteiger partial charge >= 0.3 is 0 Å². The second-order valence-electron chi connectivity index (χ2n) is 6.80. The molecule has 2 aromatic rings. The van der Waals surface area contributed by atoms with E-state index in [9.17, 15) is 0 Å². The molecule has 3 rings (SSSR count). The highest BCUT2D eigenvalue weighted by Crippen LogP contribution is 2.26. The number of nitrogens with zero attached hydrogens (tertiary/aromatic N) is 2. The van der Waals surface area contributed by atoms with Crippen molar-refractivity contribution < 1.29 is 4.48 Å². The number of rotatable bonds is 5. The van der Waals surface area contributed by atoms with Crippen LogP contribution in [0, 0.1) is 11.3 Å². The van der Waals surface area contributed by atoms with Gasteiger partial charge in [-0.15, -0.1) is 0 Å². The fourth-order valence-corrected chi connectivity index (χ4v) is 3.77. The molecule has 0 amide bonds. The summed E-state index contributed by atoms with van der Waals surface area (Å²) >= 11 is 0. The standard InChI is InChI=1S/C21H25N2/c22-14-13-19-9-11-21(12-10-19)18-23(15-5-2-6-16-23)17-20-7-3-1-4-8-20/h1,3-4,7-12H,2,5-6,13,15-18H2/q+1. The lowest BCUT2D eigenvalue weighted by molar-refractivity contribution is -0.957. The lowest BCUT2D eigenvalue weighted by Gasteiger charge is -2.42. The summed E-state index contributed by atoms with van der Waals surface area (Å²) in [5, 5.41) is 8.80. The molecule has 0 bridgehead atoms. The monoisotopic (exact) mass is 305 g/mol. The van der Waals surface area contributed by atoms with Gasteiger partial charge in [-0.2, -0.15) is 5.26 Å². The average molecular weight is 305 g/mol. The summed E-state index contributed by atoms with van der Waals surface area (Å²) in [6.45, 7) is 4.77. The van der Waals surface area contributed by atoms with Crippen molar-refractivity contribution in [1.29, 1.82) is 5.26 Å². The van der Waals surface area contributed by atoms with Gasteiger partial charge in [-0.3, -0.25) is 0 Å². The van der Waals surface area contributed by atoms with Crippen LogP contribution >= 0.6 is 0 Å². The Morgan fingerprint density at radius 1 is 0.739 bits per heavy atom. The minimum absolute atomic E-state index is 0.504. The molecular formula is C21H25N2+. The van der Waals surface area contributed by atoms with E-state index in [4.69, 9.17) is 5.26 Å². The van der Waals surface area contributed by atoms with Crippen molar-refractivity contribution in [3.05, 3.63) is 71.3 Å². The number of hydrogen-bond donors (Lipinski definition) is 0. The molecule has 0 N–H and O–H groups in total. The van der Waals surface area contributed by atoms with Gasteiger partial charge in [0.1, 0.15) is 13.1 Å². The minimum atomic E-state index is 0.504. The smallest absolute Gasteiger partial charge is 0.105 e. The molecule has 0 saturated carbocycles. The fourth-order valence-electron chi connectivity index (χ4n) is 3.77. The van der Waals surface area contributed by atoms with Gasteiger partial charge in [0.2, 0.25) is 0 Å². The van der Waals surface area contributed by atoms with Gasteiger partial charge in [-0.05, 0) is 24.8 Å². The van der Waals surface area contributed by atoms with Crippen molar-refractivity contribution >= 4 is 0 Å². The van der Waals surface area contributed by atoms with Crippen LogP contribution in [0.1, 0.15) is 36.0 Å². The Bertz CT molecular complexity index is 646. The van der Waals surface area contributed by atoms with Crippen LogP contribution in [0.25, 0.3) is 0 Å². The van der Waals surface area contributed by atoms with E-state index in [2.05, 4.69) is 60.7 Å². The normalized spacial score (nSPS) is 16.7. The van der Waals surface area contributed by atoms with Crippen LogP contribution in [0.3, 0.4) is 0 Å². The predicted molar refractivity (Wildman–Crippen MR) is 93.5 cm³/mol. The van der Waals surface area contributed by atoms with Gasteiger partial charge in [-0.1, -0.05) is 54.6 Å². The molecule has 0 aromatic heterocycles. The van der Waals surface area contributed by atoms with Gasteiger partial charge in [0.15, 0.2) is 0 Å². The average Bonchev–Trinajstić information content (AvgIpc) is 2.59. The van der Waals surface area contributed by atoms with E-state index < -0.39 is 0 Å². The highest BCUT2D eigenvalue weighted by Gasteiger charge is 2.30. The quantitative estimate of drug-likeness (QED) is 0.749. The van der Waals surface area contributed by atoms with Gasteiger partial charge < -0.3 is 4.48 Å². The Kier molecular flexibility index (Phi) is 5.10. The zero-order valence-electron chi connectivity index (χ0n) is 13.7. The largest absolute Gasteiger partial charge is 0.316 e. The molecule has 23 heavy (non-hydrogen) atoms. The second kappa shape index (κ2) is 7.44. The topological polar surface area (TPSA) is 23.8 Å². The van der Waals surface area contributed by atoms with E-state index in [0.717, 1.165) is 18.7 Å². The van der Waals surface area contributed by atoms with E-state index in [1.165, 1.54) is 48.0 Å². The van der Waals surface area contributed by atoms with Gasteiger partial charge in [0, 0.05) is 11.1 Å². The number of hydrogen-bond acceptors (Lipinski definition) is 1. The third-order valence-electron chi connectivity index (χ3n) is 4.95. The lowest BCUT2D eigenvalue weighted by Crippen LogP contribution is -2.49. The maximum atomic E-state index is 8.80. The van der Waals surface area contributed by atoms with Crippen molar-refractivity contribution in [1.82, 2.24) is 0 Å². The molecule has 0 spiro atoms. The van der Waals surface area contributed by atoms with E-state index in [1.54, 1.807) is 0 Å². The van der Waals surface area contributed by atoms with E-state index in [1.807, 2.05) is 0 Å². The minimum Gasteiger partial charge on any atom is -0.316 e. The molecular weight excluding hydrogens is 280 g/mol. The number of likely N-dealkylation sites (tertiary alicyclic amines) is 1. The molecule has 1 aliphatic heterocycles. The third-order valence-corrected chi connectivity index (χ3v) is 4.95. The van der Waals surface area contributed by atoms with Gasteiger partial charge in [0.05, 0.1) is 25.6 Å². The van der Waals surface area contributed by atoms with E-state index in [0.29, 0.717) is 6.42 Å². The molecule has 2 heteroatoms. The second-order valence-corrected chi connectivity index (χ2v) is 6.80.